The van der Waals surface area contributed by atoms with Crippen LogP contribution in [0.5, 0.6) is 0 Å². The number of hydrogen-bond acceptors (Lipinski definition) is 3. The maximum atomic E-state index is 12.9. The Labute approximate surface area is 154 Å². The minimum absolute atomic E-state index is 0.0443. The first-order chi connectivity index (χ1) is 12.5. The van der Waals surface area contributed by atoms with E-state index in [0.29, 0.717) is 16.9 Å². The van der Waals surface area contributed by atoms with E-state index < -0.39 is 6.03 Å². The van der Waals surface area contributed by atoms with Crippen LogP contribution < -0.4 is 10.6 Å². The lowest BCUT2D eigenvalue weighted by Gasteiger charge is -2.28. The van der Waals surface area contributed by atoms with Crippen molar-refractivity contribution in [2.45, 2.75) is 19.8 Å². The molecule has 1 saturated heterocycles. The highest BCUT2D eigenvalue weighted by atomic mass is 16.2. The third kappa shape index (κ3) is 3.94. The third-order valence-electron chi connectivity index (χ3n) is 4.99. The standard InChI is InChI=1S/C21H25N3O2/c1-15-6-8-18(9-7-15)24(21(22)26)19-5-3-4-17(14-19)20(25)16-10-12-23(2)13-11-16/h3-9,14,16H,10-13H2,1-2H3,(H2,22,26). The summed E-state index contributed by atoms with van der Waals surface area (Å²) in [4.78, 5) is 28.6. The van der Waals surface area contributed by atoms with Gasteiger partial charge < -0.3 is 10.6 Å². The zero-order chi connectivity index (χ0) is 18.7. The van der Waals surface area contributed by atoms with Crippen molar-refractivity contribution in [1.29, 1.82) is 0 Å². The molecule has 136 valence electrons. The summed E-state index contributed by atoms with van der Waals surface area (Å²) in [6.07, 6.45) is 1.74. The monoisotopic (exact) mass is 351 g/mol. The topological polar surface area (TPSA) is 66.6 Å². The second-order valence-corrected chi connectivity index (χ2v) is 7.00. The van der Waals surface area contributed by atoms with Gasteiger partial charge in [0.05, 0.1) is 11.4 Å². The summed E-state index contributed by atoms with van der Waals surface area (Å²) in [6, 6.07) is 14.2. The van der Waals surface area contributed by atoms with Gasteiger partial charge >= 0.3 is 6.03 Å². The van der Waals surface area contributed by atoms with Gasteiger partial charge in [-0.1, -0.05) is 29.8 Å². The number of nitrogens with two attached hydrogens (primary N) is 1. The predicted molar refractivity (Wildman–Crippen MR) is 104 cm³/mol. The zero-order valence-corrected chi connectivity index (χ0v) is 15.3. The largest absolute Gasteiger partial charge is 0.351 e. The highest BCUT2D eigenvalue weighted by Crippen LogP contribution is 2.28. The number of urea groups is 1. The number of Topliss-reactive ketones (excluding diaryl/α,β-unsaturated/α-hetero) is 1. The van der Waals surface area contributed by atoms with Gasteiger partial charge in [-0.15, -0.1) is 0 Å². The molecule has 0 spiro atoms. The number of rotatable bonds is 4. The van der Waals surface area contributed by atoms with E-state index in [1.165, 1.54) is 4.90 Å². The fourth-order valence-electron chi connectivity index (χ4n) is 3.40. The van der Waals surface area contributed by atoms with Crippen LogP contribution in [0.25, 0.3) is 0 Å². The number of primary amides is 1. The smallest absolute Gasteiger partial charge is 0.323 e. The molecule has 1 fully saturated rings. The van der Waals surface area contributed by atoms with Gasteiger partial charge in [0.2, 0.25) is 0 Å². The molecule has 0 atom stereocenters. The van der Waals surface area contributed by atoms with Gasteiger partial charge in [0.15, 0.2) is 5.78 Å². The van der Waals surface area contributed by atoms with Gasteiger partial charge in [-0.05, 0) is 64.2 Å². The highest BCUT2D eigenvalue weighted by Gasteiger charge is 2.25. The van der Waals surface area contributed by atoms with E-state index >= 15 is 0 Å². The first-order valence-corrected chi connectivity index (χ1v) is 8.95. The summed E-state index contributed by atoms with van der Waals surface area (Å²) < 4.78 is 0. The third-order valence-corrected chi connectivity index (χ3v) is 4.99. The average molecular weight is 351 g/mol. The Morgan fingerprint density at radius 2 is 1.69 bits per heavy atom. The van der Waals surface area contributed by atoms with Crippen LogP contribution in [0.4, 0.5) is 16.2 Å². The minimum Gasteiger partial charge on any atom is -0.351 e. The number of piperidine rings is 1. The van der Waals surface area contributed by atoms with E-state index in [0.717, 1.165) is 31.5 Å². The number of amides is 2. The molecule has 1 aliphatic heterocycles. The van der Waals surface area contributed by atoms with Crippen LogP contribution in [0, 0.1) is 12.8 Å². The minimum atomic E-state index is -0.572. The number of carbonyl (C=O) groups is 2. The molecule has 5 nitrogen and oxygen atoms in total. The van der Waals surface area contributed by atoms with Gasteiger partial charge in [-0.3, -0.25) is 9.69 Å². The molecule has 1 aliphatic rings. The molecule has 0 aliphatic carbocycles. The van der Waals surface area contributed by atoms with Gasteiger partial charge in [0.25, 0.3) is 0 Å². The van der Waals surface area contributed by atoms with Gasteiger partial charge in [0.1, 0.15) is 0 Å². The molecule has 2 aromatic rings. The van der Waals surface area contributed by atoms with Crippen molar-refractivity contribution in [3.05, 3.63) is 59.7 Å². The van der Waals surface area contributed by atoms with E-state index in [4.69, 9.17) is 5.73 Å². The van der Waals surface area contributed by atoms with E-state index in [2.05, 4.69) is 11.9 Å². The molecule has 1 heterocycles. The van der Waals surface area contributed by atoms with Crippen molar-refractivity contribution in [2.75, 3.05) is 25.0 Å². The molecule has 2 amide bonds. The number of likely N-dealkylation sites (tertiary alicyclic amines) is 1. The zero-order valence-electron chi connectivity index (χ0n) is 15.3. The lowest BCUT2D eigenvalue weighted by Crippen LogP contribution is -2.34. The summed E-state index contributed by atoms with van der Waals surface area (Å²) >= 11 is 0. The van der Waals surface area contributed by atoms with Gasteiger partial charge in [-0.2, -0.15) is 0 Å². The average Bonchev–Trinajstić information content (AvgIpc) is 2.63. The maximum absolute atomic E-state index is 12.9. The first kappa shape index (κ1) is 18.1. The van der Waals surface area contributed by atoms with Crippen LogP contribution in [-0.4, -0.2) is 36.9 Å². The van der Waals surface area contributed by atoms with Crippen LogP contribution in [0.1, 0.15) is 28.8 Å². The summed E-state index contributed by atoms with van der Waals surface area (Å²) in [5, 5.41) is 0. The molecule has 2 N–H and O–H groups in total. The van der Waals surface area contributed by atoms with Crippen molar-refractivity contribution < 1.29 is 9.59 Å². The van der Waals surface area contributed by atoms with Gasteiger partial charge in [-0.25, -0.2) is 4.79 Å². The summed E-state index contributed by atoms with van der Waals surface area (Å²) in [5.74, 6) is 0.191. The number of carbonyl (C=O) groups excluding carboxylic acids is 2. The van der Waals surface area contributed by atoms with Crippen molar-refractivity contribution in [3.8, 4) is 0 Å². The quantitative estimate of drug-likeness (QED) is 0.854. The Morgan fingerprint density at radius 3 is 2.31 bits per heavy atom. The number of benzene rings is 2. The lowest BCUT2D eigenvalue weighted by atomic mass is 9.89. The lowest BCUT2D eigenvalue weighted by molar-refractivity contribution is 0.0857. The van der Waals surface area contributed by atoms with E-state index in [9.17, 15) is 9.59 Å². The predicted octanol–water partition coefficient (Wildman–Crippen LogP) is 3.74. The number of nitrogens with zero attached hydrogens (tertiary/aromatic N) is 2. The van der Waals surface area contributed by atoms with Crippen molar-refractivity contribution in [2.24, 2.45) is 11.7 Å². The molecular formula is C21H25N3O2. The van der Waals surface area contributed by atoms with Crippen LogP contribution in [0.2, 0.25) is 0 Å². The molecule has 0 radical (unpaired) electrons. The first-order valence-electron chi connectivity index (χ1n) is 8.95. The Balaban J connectivity index is 1.88. The van der Waals surface area contributed by atoms with Crippen LogP contribution in [-0.2, 0) is 0 Å². The fraction of sp³-hybridized carbons (Fsp3) is 0.333. The summed E-state index contributed by atoms with van der Waals surface area (Å²) in [6.45, 7) is 3.86. The molecule has 2 aromatic carbocycles. The molecule has 0 saturated carbocycles. The number of hydrogen-bond donors (Lipinski definition) is 1. The van der Waals surface area contributed by atoms with Crippen LogP contribution >= 0.6 is 0 Å². The second kappa shape index (κ2) is 7.70. The molecular weight excluding hydrogens is 326 g/mol. The number of anilines is 2. The maximum Gasteiger partial charge on any atom is 0.323 e. The molecule has 0 bridgehead atoms. The van der Waals surface area contributed by atoms with Crippen molar-refractivity contribution in [1.82, 2.24) is 4.90 Å². The van der Waals surface area contributed by atoms with E-state index in [1.807, 2.05) is 43.3 Å². The van der Waals surface area contributed by atoms with Crippen molar-refractivity contribution in [3.63, 3.8) is 0 Å². The van der Waals surface area contributed by atoms with Crippen LogP contribution in [0.3, 0.4) is 0 Å². The Hall–Kier alpha value is -2.66. The Bertz CT molecular complexity index is 793. The summed E-state index contributed by atoms with van der Waals surface area (Å²) in [5.41, 5.74) is 8.65. The molecule has 0 unspecified atom stereocenters. The Morgan fingerprint density at radius 1 is 1.04 bits per heavy atom. The second-order valence-electron chi connectivity index (χ2n) is 7.00. The van der Waals surface area contributed by atoms with E-state index in [-0.39, 0.29) is 11.7 Å². The van der Waals surface area contributed by atoms with E-state index in [1.54, 1.807) is 12.1 Å². The molecule has 5 heteroatoms. The normalized spacial score (nSPS) is 15.6. The van der Waals surface area contributed by atoms with Crippen molar-refractivity contribution >= 4 is 23.2 Å². The highest BCUT2D eigenvalue weighted by molar-refractivity contribution is 6.02. The fourth-order valence-corrected chi connectivity index (χ4v) is 3.40. The Kier molecular flexibility index (Phi) is 5.38. The molecule has 0 aromatic heterocycles. The molecule has 26 heavy (non-hydrogen) atoms. The van der Waals surface area contributed by atoms with Gasteiger partial charge in [0, 0.05) is 11.5 Å². The summed E-state index contributed by atoms with van der Waals surface area (Å²) in [7, 11) is 2.08. The number of aryl methyl sites for hydroxylation is 1. The molecule has 3 rings (SSSR count). The van der Waals surface area contributed by atoms with Crippen LogP contribution in [0.15, 0.2) is 48.5 Å². The number of ketones is 1. The SMILES string of the molecule is Cc1ccc(N(C(N)=O)c2cccc(C(=O)C3CCN(C)CC3)c2)cc1.